The van der Waals surface area contributed by atoms with Crippen molar-refractivity contribution in [2.24, 2.45) is 21.7 Å². The van der Waals surface area contributed by atoms with Crippen LogP contribution in [0.4, 0.5) is 0 Å². The molecule has 1 saturated heterocycles. The van der Waals surface area contributed by atoms with Crippen molar-refractivity contribution in [3.8, 4) is 16.3 Å². The number of hydrogen-bond donors (Lipinski definition) is 2. The van der Waals surface area contributed by atoms with Gasteiger partial charge in [0.05, 0.1) is 36.1 Å². The molecule has 0 unspecified atom stereocenters. The summed E-state index contributed by atoms with van der Waals surface area (Å²) < 4.78 is 11.2. The minimum atomic E-state index is -0.0627. The van der Waals surface area contributed by atoms with Crippen LogP contribution in [0.1, 0.15) is 23.9 Å². The third-order valence-electron chi connectivity index (χ3n) is 4.53. The summed E-state index contributed by atoms with van der Waals surface area (Å²) in [6.07, 6.45) is 1.01. The third kappa shape index (κ3) is 6.25. The standard InChI is InChI=1S/C20H28N6O2S/c1-14-18(15(2)24-25-20(21)22)29-19(23-14)16-4-6-17(7-5-16)28-11-3-8-26-9-12-27-13-10-26/h4-7H,3,8-13H2,1-2H3,(H4,21,22,25)/b24-15+. The van der Waals surface area contributed by atoms with Crippen molar-refractivity contribution >= 4 is 23.0 Å². The molecule has 0 aliphatic carbocycles. The number of nitrogens with two attached hydrogens (primary N) is 2. The number of morpholine rings is 1. The number of ether oxygens (including phenoxy) is 2. The van der Waals surface area contributed by atoms with Crippen LogP contribution in [0.3, 0.4) is 0 Å². The van der Waals surface area contributed by atoms with E-state index in [4.69, 9.17) is 20.9 Å². The number of benzene rings is 1. The van der Waals surface area contributed by atoms with Crippen molar-refractivity contribution in [2.45, 2.75) is 20.3 Å². The van der Waals surface area contributed by atoms with E-state index < -0.39 is 0 Å². The molecule has 9 heteroatoms. The summed E-state index contributed by atoms with van der Waals surface area (Å²) in [5, 5.41) is 8.69. The maximum absolute atomic E-state index is 5.88. The highest BCUT2D eigenvalue weighted by atomic mass is 32.1. The van der Waals surface area contributed by atoms with Crippen molar-refractivity contribution in [3.63, 3.8) is 0 Å². The van der Waals surface area contributed by atoms with Crippen LogP contribution in [-0.2, 0) is 4.74 Å². The molecule has 29 heavy (non-hydrogen) atoms. The molecule has 1 aliphatic heterocycles. The average Bonchev–Trinajstić information content (AvgIpc) is 3.12. The molecule has 0 radical (unpaired) electrons. The van der Waals surface area contributed by atoms with Crippen LogP contribution >= 0.6 is 11.3 Å². The van der Waals surface area contributed by atoms with E-state index in [-0.39, 0.29) is 5.96 Å². The summed E-state index contributed by atoms with van der Waals surface area (Å²) in [6, 6.07) is 8.03. The molecule has 1 aliphatic rings. The fourth-order valence-corrected chi connectivity index (χ4v) is 4.04. The topological polar surface area (TPSA) is 111 Å². The van der Waals surface area contributed by atoms with E-state index in [1.54, 1.807) is 11.3 Å². The van der Waals surface area contributed by atoms with Gasteiger partial charge in [0.25, 0.3) is 0 Å². The number of rotatable bonds is 8. The molecule has 156 valence electrons. The zero-order valence-electron chi connectivity index (χ0n) is 16.9. The Morgan fingerprint density at radius 3 is 2.62 bits per heavy atom. The Morgan fingerprint density at radius 1 is 1.21 bits per heavy atom. The Bertz CT molecular complexity index is 852. The van der Waals surface area contributed by atoms with E-state index in [1.165, 1.54) is 0 Å². The predicted octanol–water partition coefficient (Wildman–Crippen LogP) is 2.22. The molecule has 1 aromatic carbocycles. The first-order chi connectivity index (χ1) is 14.0. The number of thiazole rings is 1. The lowest BCUT2D eigenvalue weighted by Gasteiger charge is -2.26. The van der Waals surface area contributed by atoms with E-state index >= 15 is 0 Å². The Balaban J connectivity index is 1.55. The lowest BCUT2D eigenvalue weighted by molar-refractivity contribution is 0.0358. The summed E-state index contributed by atoms with van der Waals surface area (Å²) in [6.45, 7) is 9.27. The zero-order valence-corrected chi connectivity index (χ0v) is 17.7. The van der Waals surface area contributed by atoms with Gasteiger partial charge in [-0.2, -0.15) is 5.10 Å². The van der Waals surface area contributed by atoms with E-state index in [0.29, 0.717) is 6.61 Å². The smallest absolute Gasteiger partial charge is 0.211 e. The van der Waals surface area contributed by atoms with Gasteiger partial charge < -0.3 is 20.9 Å². The first-order valence-corrected chi connectivity index (χ1v) is 10.5. The molecular formula is C20H28N6O2S. The predicted molar refractivity (Wildman–Crippen MR) is 118 cm³/mol. The summed E-state index contributed by atoms with van der Waals surface area (Å²) >= 11 is 1.57. The molecule has 2 heterocycles. The third-order valence-corrected chi connectivity index (χ3v) is 5.85. The molecule has 2 aromatic rings. The Kier molecular flexibility index (Phi) is 7.56. The summed E-state index contributed by atoms with van der Waals surface area (Å²) in [7, 11) is 0. The summed E-state index contributed by atoms with van der Waals surface area (Å²) in [5.41, 5.74) is 13.4. The first kappa shape index (κ1) is 21.2. The van der Waals surface area contributed by atoms with Crippen LogP contribution in [0.15, 0.2) is 34.5 Å². The van der Waals surface area contributed by atoms with Crippen LogP contribution in [0.5, 0.6) is 5.75 Å². The first-order valence-electron chi connectivity index (χ1n) is 9.67. The van der Waals surface area contributed by atoms with Gasteiger partial charge >= 0.3 is 0 Å². The Morgan fingerprint density at radius 2 is 1.93 bits per heavy atom. The van der Waals surface area contributed by atoms with E-state index in [2.05, 4.69) is 20.1 Å². The number of hydrogen-bond acceptors (Lipinski definition) is 7. The molecule has 0 atom stereocenters. The van der Waals surface area contributed by atoms with Crippen LogP contribution in [0.25, 0.3) is 10.6 Å². The van der Waals surface area contributed by atoms with Gasteiger partial charge in [0.15, 0.2) is 0 Å². The zero-order chi connectivity index (χ0) is 20.6. The molecule has 1 aromatic heterocycles. The number of nitrogens with zero attached hydrogens (tertiary/aromatic N) is 4. The number of aryl methyl sites for hydroxylation is 1. The van der Waals surface area contributed by atoms with Crippen LogP contribution < -0.4 is 16.2 Å². The molecule has 0 spiro atoms. The molecule has 8 nitrogen and oxygen atoms in total. The van der Waals surface area contributed by atoms with Crippen LogP contribution in [-0.4, -0.2) is 61.0 Å². The van der Waals surface area contributed by atoms with Gasteiger partial charge in [-0.05, 0) is 44.5 Å². The fraction of sp³-hybridized carbons (Fsp3) is 0.450. The fourth-order valence-electron chi connectivity index (χ4n) is 3.03. The monoisotopic (exact) mass is 416 g/mol. The van der Waals surface area contributed by atoms with Gasteiger partial charge in [0.2, 0.25) is 5.96 Å². The van der Waals surface area contributed by atoms with Gasteiger partial charge in [-0.3, -0.25) is 4.90 Å². The minimum absolute atomic E-state index is 0.0627. The van der Waals surface area contributed by atoms with E-state index in [0.717, 1.165) is 71.9 Å². The molecule has 4 N–H and O–H groups in total. The van der Waals surface area contributed by atoms with Gasteiger partial charge in [-0.15, -0.1) is 16.4 Å². The highest BCUT2D eigenvalue weighted by Crippen LogP contribution is 2.29. The average molecular weight is 417 g/mol. The highest BCUT2D eigenvalue weighted by Gasteiger charge is 2.12. The summed E-state index contributed by atoms with van der Waals surface area (Å²) in [4.78, 5) is 8.04. The SMILES string of the molecule is C/C(=N\N=C(N)N)c1sc(-c2ccc(OCCCN3CCOCC3)cc2)nc1C. The lowest BCUT2D eigenvalue weighted by Crippen LogP contribution is -2.37. The molecule has 0 saturated carbocycles. The largest absolute Gasteiger partial charge is 0.494 e. The van der Waals surface area contributed by atoms with Gasteiger partial charge in [-0.25, -0.2) is 4.98 Å². The van der Waals surface area contributed by atoms with Gasteiger partial charge in [-0.1, -0.05) is 0 Å². The van der Waals surface area contributed by atoms with Crippen LogP contribution in [0, 0.1) is 6.92 Å². The molecular weight excluding hydrogens is 388 g/mol. The van der Waals surface area contributed by atoms with E-state index in [1.807, 2.05) is 38.1 Å². The highest BCUT2D eigenvalue weighted by molar-refractivity contribution is 7.17. The second-order valence-electron chi connectivity index (χ2n) is 6.82. The minimum Gasteiger partial charge on any atom is -0.494 e. The molecule has 0 bridgehead atoms. The Hall–Kier alpha value is -2.49. The molecule has 1 fully saturated rings. The number of guanidine groups is 1. The molecule has 3 rings (SSSR count). The van der Waals surface area contributed by atoms with Crippen molar-refractivity contribution in [1.82, 2.24) is 9.88 Å². The summed E-state index contributed by atoms with van der Waals surface area (Å²) in [5.74, 6) is 0.807. The lowest BCUT2D eigenvalue weighted by atomic mass is 10.2. The number of aromatic nitrogens is 1. The second kappa shape index (κ2) is 10.3. The van der Waals surface area contributed by atoms with Crippen molar-refractivity contribution in [2.75, 3.05) is 39.5 Å². The van der Waals surface area contributed by atoms with E-state index in [9.17, 15) is 0 Å². The second-order valence-corrected chi connectivity index (χ2v) is 7.82. The van der Waals surface area contributed by atoms with Crippen molar-refractivity contribution in [1.29, 1.82) is 0 Å². The van der Waals surface area contributed by atoms with Gasteiger partial charge in [0.1, 0.15) is 10.8 Å². The maximum Gasteiger partial charge on any atom is 0.211 e. The molecule has 0 amide bonds. The quantitative estimate of drug-likeness (QED) is 0.295. The Labute approximate surface area is 175 Å². The van der Waals surface area contributed by atoms with Gasteiger partial charge in [0, 0.05) is 25.2 Å². The maximum atomic E-state index is 5.88. The van der Waals surface area contributed by atoms with Crippen molar-refractivity contribution in [3.05, 3.63) is 34.8 Å². The van der Waals surface area contributed by atoms with Crippen LogP contribution in [0.2, 0.25) is 0 Å². The van der Waals surface area contributed by atoms with Crippen molar-refractivity contribution < 1.29 is 9.47 Å². The normalized spacial score (nSPS) is 15.3.